The van der Waals surface area contributed by atoms with Gasteiger partial charge in [-0.3, -0.25) is 4.79 Å². The topological polar surface area (TPSA) is 17.1 Å². The van der Waals surface area contributed by atoms with E-state index in [1.165, 1.54) is 0 Å². The zero-order valence-electron chi connectivity index (χ0n) is 4.76. The number of carbonyl (C=O) groups is 1. The summed E-state index contributed by atoms with van der Waals surface area (Å²) in [6.07, 6.45) is 3.58. The highest BCUT2D eigenvalue weighted by Crippen LogP contribution is 2.15. The van der Waals surface area contributed by atoms with Crippen molar-refractivity contribution in [3.8, 4) is 0 Å². The molecule has 0 aromatic carbocycles. The maximum atomic E-state index is 10.7. The van der Waals surface area contributed by atoms with E-state index in [4.69, 9.17) is 0 Å². The molecule has 0 radical (unpaired) electrons. The SMILES string of the molecule is CC1SCC=CC1=O. The van der Waals surface area contributed by atoms with Crippen molar-refractivity contribution in [2.45, 2.75) is 12.2 Å². The van der Waals surface area contributed by atoms with Gasteiger partial charge < -0.3 is 0 Å². The molecule has 8 heavy (non-hydrogen) atoms. The third-order valence-corrected chi connectivity index (χ3v) is 2.24. The van der Waals surface area contributed by atoms with Gasteiger partial charge in [0.25, 0.3) is 0 Å². The van der Waals surface area contributed by atoms with Crippen molar-refractivity contribution < 1.29 is 4.79 Å². The molecule has 2 heteroatoms. The van der Waals surface area contributed by atoms with Crippen LogP contribution in [0.5, 0.6) is 0 Å². The fourth-order valence-corrected chi connectivity index (χ4v) is 1.32. The summed E-state index contributed by atoms with van der Waals surface area (Å²) < 4.78 is 0. The Morgan fingerprint density at radius 1 is 1.88 bits per heavy atom. The van der Waals surface area contributed by atoms with Gasteiger partial charge in [0.2, 0.25) is 0 Å². The van der Waals surface area contributed by atoms with E-state index in [9.17, 15) is 4.79 Å². The lowest BCUT2D eigenvalue weighted by Crippen LogP contribution is -2.13. The number of thioether (sulfide) groups is 1. The minimum absolute atomic E-state index is 0.194. The Morgan fingerprint density at radius 3 is 3.00 bits per heavy atom. The molecule has 1 aliphatic rings. The molecule has 0 aromatic heterocycles. The predicted molar refractivity (Wildman–Crippen MR) is 36.1 cm³/mol. The summed E-state index contributed by atoms with van der Waals surface area (Å²) >= 11 is 1.69. The summed E-state index contributed by atoms with van der Waals surface area (Å²) in [5, 5.41) is 0.194. The third-order valence-electron chi connectivity index (χ3n) is 1.13. The Morgan fingerprint density at radius 2 is 2.62 bits per heavy atom. The van der Waals surface area contributed by atoms with Crippen molar-refractivity contribution in [1.82, 2.24) is 0 Å². The summed E-state index contributed by atoms with van der Waals surface area (Å²) in [5.41, 5.74) is 0. The van der Waals surface area contributed by atoms with E-state index < -0.39 is 0 Å². The van der Waals surface area contributed by atoms with E-state index >= 15 is 0 Å². The first-order chi connectivity index (χ1) is 3.80. The number of hydrogen-bond donors (Lipinski definition) is 0. The van der Waals surface area contributed by atoms with Gasteiger partial charge in [-0.05, 0) is 13.0 Å². The monoisotopic (exact) mass is 128 g/mol. The molecule has 0 fully saturated rings. The number of carbonyl (C=O) groups excluding carboxylic acids is 1. The van der Waals surface area contributed by atoms with Crippen LogP contribution in [0.25, 0.3) is 0 Å². The number of hydrogen-bond acceptors (Lipinski definition) is 2. The van der Waals surface area contributed by atoms with E-state index in [1.807, 2.05) is 13.0 Å². The van der Waals surface area contributed by atoms with Crippen molar-refractivity contribution in [3.63, 3.8) is 0 Å². The lowest BCUT2D eigenvalue weighted by molar-refractivity contribution is -0.113. The molecule has 0 aromatic rings. The summed E-state index contributed by atoms with van der Waals surface area (Å²) in [4.78, 5) is 10.7. The molecule has 1 nitrogen and oxygen atoms in total. The maximum absolute atomic E-state index is 10.7. The molecule has 0 aliphatic carbocycles. The van der Waals surface area contributed by atoms with Crippen LogP contribution in [0.4, 0.5) is 0 Å². The van der Waals surface area contributed by atoms with Gasteiger partial charge in [-0.1, -0.05) is 6.08 Å². The molecule has 0 saturated carbocycles. The molecular weight excluding hydrogens is 120 g/mol. The molecule has 1 atom stereocenters. The normalized spacial score (nSPS) is 28.6. The number of ketones is 1. The average Bonchev–Trinajstić information content (AvgIpc) is 1.77. The summed E-state index contributed by atoms with van der Waals surface area (Å²) in [6.45, 7) is 1.94. The minimum Gasteiger partial charge on any atom is -0.294 e. The van der Waals surface area contributed by atoms with Crippen molar-refractivity contribution in [2.24, 2.45) is 0 Å². The van der Waals surface area contributed by atoms with Crippen LogP contribution in [0.1, 0.15) is 6.92 Å². The first kappa shape index (κ1) is 5.89. The Kier molecular flexibility index (Phi) is 1.73. The molecule has 0 bridgehead atoms. The molecule has 0 spiro atoms. The molecular formula is C6H8OS. The minimum atomic E-state index is 0.194. The molecule has 1 heterocycles. The van der Waals surface area contributed by atoms with Crippen LogP contribution >= 0.6 is 11.8 Å². The van der Waals surface area contributed by atoms with Crippen LogP contribution in [0.2, 0.25) is 0 Å². The van der Waals surface area contributed by atoms with Crippen LogP contribution < -0.4 is 0 Å². The summed E-state index contributed by atoms with van der Waals surface area (Å²) in [5.74, 6) is 1.24. The van der Waals surface area contributed by atoms with Gasteiger partial charge in [0.05, 0.1) is 5.25 Å². The van der Waals surface area contributed by atoms with Gasteiger partial charge in [0.1, 0.15) is 0 Å². The molecule has 0 saturated heterocycles. The van der Waals surface area contributed by atoms with Gasteiger partial charge in [-0.25, -0.2) is 0 Å². The standard InChI is InChI=1S/C6H8OS/c1-5-6(7)3-2-4-8-5/h2-3,5H,4H2,1H3. The van der Waals surface area contributed by atoms with Crippen LogP contribution in [0, 0.1) is 0 Å². The van der Waals surface area contributed by atoms with Crippen molar-refractivity contribution in [3.05, 3.63) is 12.2 Å². The van der Waals surface area contributed by atoms with E-state index in [0.29, 0.717) is 0 Å². The van der Waals surface area contributed by atoms with Crippen LogP contribution in [-0.4, -0.2) is 16.8 Å². The highest BCUT2D eigenvalue weighted by Gasteiger charge is 2.11. The summed E-state index contributed by atoms with van der Waals surface area (Å²) in [6, 6.07) is 0. The lowest BCUT2D eigenvalue weighted by Gasteiger charge is -2.08. The highest BCUT2D eigenvalue weighted by atomic mass is 32.2. The van der Waals surface area contributed by atoms with Gasteiger partial charge >= 0.3 is 0 Å². The summed E-state index contributed by atoms with van der Waals surface area (Å²) in [7, 11) is 0. The first-order valence-electron chi connectivity index (χ1n) is 2.62. The predicted octanol–water partition coefficient (Wildman–Crippen LogP) is 1.25. The molecule has 44 valence electrons. The largest absolute Gasteiger partial charge is 0.294 e. The third kappa shape index (κ3) is 1.13. The smallest absolute Gasteiger partial charge is 0.168 e. The second kappa shape index (κ2) is 2.35. The second-order valence-electron chi connectivity index (χ2n) is 1.78. The van der Waals surface area contributed by atoms with Crippen molar-refractivity contribution in [2.75, 3.05) is 5.75 Å². The number of allylic oxidation sites excluding steroid dienone is 1. The van der Waals surface area contributed by atoms with Crippen LogP contribution in [-0.2, 0) is 4.79 Å². The Balaban J connectivity index is 2.60. The van der Waals surface area contributed by atoms with Gasteiger partial charge in [0, 0.05) is 5.75 Å². The molecule has 1 unspecified atom stereocenters. The van der Waals surface area contributed by atoms with Crippen LogP contribution in [0.3, 0.4) is 0 Å². The molecule has 0 N–H and O–H groups in total. The molecule has 1 aliphatic heterocycles. The maximum Gasteiger partial charge on any atom is 0.168 e. The average molecular weight is 128 g/mol. The van der Waals surface area contributed by atoms with Gasteiger partial charge in [0.15, 0.2) is 5.78 Å². The first-order valence-corrected chi connectivity index (χ1v) is 3.67. The van der Waals surface area contributed by atoms with Crippen molar-refractivity contribution in [1.29, 1.82) is 0 Å². The Hall–Kier alpha value is -0.240. The van der Waals surface area contributed by atoms with Gasteiger partial charge in [-0.15, -0.1) is 11.8 Å². The van der Waals surface area contributed by atoms with E-state index in [-0.39, 0.29) is 11.0 Å². The highest BCUT2D eigenvalue weighted by molar-refractivity contribution is 8.00. The Labute approximate surface area is 53.2 Å². The number of rotatable bonds is 0. The van der Waals surface area contributed by atoms with Gasteiger partial charge in [-0.2, -0.15) is 0 Å². The van der Waals surface area contributed by atoms with Crippen LogP contribution in [0.15, 0.2) is 12.2 Å². The molecule has 1 rings (SSSR count). The zero-order chi connectivity index (χ0) is 5.98. The Bertz CT molecular complexity index is 128. The van der Waals surface area contributed by atoms with E-state index in [2.05, 4.69) is 0 Å². The fraction of sp³-hybridized carbons (Fsp3) is 0.500. The quantitative estimate of drug-likeness (QED) is 0.488. The van der Waals surface area contributed by atoms with E-state index in [1.54, 1.807) is 17.8 Å². The fourth-order valence-electron chi connectivity index (χ4n) is 0.582. The molecule has 0 amide bonds. The van der Waals surface area contributed by atoms with E-state index in [0.717, 1.165) is 5.75 Å². The lowest BCUT2D eigenvalue weighted by atomic mass is 10.3. The van der Waals surface area contributed by atoms with Crippen molar-refractivity contribution >= 4 is 17.5 Å². The zero-order valence-corrected chi connectivity index (χ0v) is 5.57. The second-order valence-corrected chi connectivity index (χ2v) is 3.15.